The molecule has 2 aromatic heterocycles. The predicted octanol–water partition coefficient (Wildman–Crippen LogP) is 4.24. The maximum Gasteiger partial charge on any atom is 0.357 e. The fraction of sp³-hybridized carbons (Fsp3) is 0.0952. The molecule has 0 aliphatic heterocycles. The molecule has 0 amide bonds. The lowest BCUT2D eigenvalue weighted by molar-refractivity contribution is 0.0692. The molecule has 0 atom stereocenters. The van der Waals surface area contributed by atoms with Crippen molar-refractivity contribution in [3.63, 3.8) is 0 Å². The number of carboxylic acids is 1. The van der Waals surface area contributed by atoms with Gasteiger partial charge in [-0.2, -0.15) is 5.10 Å². The SMILES string of the molecule is Cc1cccc(CNc2ccc(-c3ccc4[nH]nc(C(=O)O)c4c3)cn2)c1. The van der Waals surface area contributed by atoms with Crippen molar-refractivity contribution in [3.05, 3.63) is 77.6 Å². The molecule has 0 aliphatic carbocycles. The molecule has 0 aliphatic rings. The molecule has 0 saturated carbocycles. The first-order chi connectivity index (χ1) is 13.1. The topological polar surface area (TPSA) is 90.9 Å². The summed E-state index contributed by atoms with van der Waals surface area (Å²) in [5.41, 5.74) is 4.96. The van der Waals surface area contributed by atoms with E-state index >= 15 is 0 Å². The molecule has 0 unspecified atom stereocenters. The number of aromatic carboxylic acids is 1. The van der Waals surface area contributed by atoms with Gasteiger partial charge in [0, 0.05) is 23.7 Å². The van der Waals surface area contributed by atoms with Crippen molar-refractivity contribution in [1.29, 1.82) is 0 Å². The van der Waals surface area contributed by atoms with Gasteiger partial charge in [-0.1, -0.05) is 35.9 Å². The number of carboxylic acid groups (broad SMARTS) is 1. The van der Waals surface area contributed by atoms with Crippen LogP contribution in [0.1, 0.15) is 21.6 Å². The number of hydrogen-bond donors (Lipinski definition) is 3. The highest BCUT2D eigenvalue weighted by atomic mass is 16.4. The lowest BCUT2D eigenvalue weighted by atomic mass is 10.0. The number of nitrogens with one attached hydrogen (secondary N) is 2. The van der Waals surface area contributed by atoms with Crippen molar-refractivity contribution in [2.45, 2.75) is 13.5 Å². The van der Waals surface area contributed by atoms with Gasteiger partial charge >= 0.3 is 5.97 Å². The highest BCUT2D eigenvalue weighted by Gasteiger charge is 2.13. The van der Waals surface area contributed by atoms with Gasteiger partial charge in [-0.15, -0.1) is 0 Å². The van der Waals surface area contributed by atoms with Gasteiger partial charge in [0.2, 0.25) is 0 Å². The standard InChI is InChI=1S/C21H18N4O2/c1-13-3-2-4-14(9-13)11-22-19-8-6-16(12-23-19)15-5-7-18-17(10-15)20(21(26)27)25-24-18/h2-10,12H,11H2,1H3,(H,22,23)(H,24,25)(H,26,27). The summed E-state index contributed by atoms with van der Waals surface area (Å²) in [7, 11) is 0. The monoisotopic (exact) mass is 358 g/mol. The molecule has 134 valence electrons. The van der Waals surface area contributed by atoms with Crippen molar-refractivity contribution in [2.24, 2.45) is 0 Å². The molecule has 0 saturated heterocycles. The number of fused-ring (bicyclic) bond motifs is 1. The van der Waals surface area contributed by atoms with E-state index in [0.717, 1.165) is 16.9 Å². The summed E-state index contributed by atoms with van der Waals surface area (Å²) >= 11 is 0. The first kappa shape index (κ1) is 16.8. The lowest BCUT2D eigenvalue weighted by Gasteiger charge is -2.08. The highest BCUT2D eigenvalue weighted by molar-refractivity contribution is 6.02. The van der Waals surface area contributed by atoms with Crippen molar-refractivity contribution >= 4 is 22.7 Å². The fourth-order valence-electron chi connectivity index (χ4n) is 3.04. The predicted molar refractivity (Wildman–Crippen MR) is 105 cm³/mol. The zero-order valence-corrected chi connectivity index (χ0v) is 14.7. The number of hydrogen-bond acceptors (Lipinski definition) is 4. The highest BCUT2D eigenvalue weighted by Crippen LogP contribution is 2.25. The van der Waals surface area contributed by atoms with Crippen molar-refractivity contribution in [2.75, 3.05) is 5.32 Å². The average Bonchev–Trinajstić information content (AvgIpc) is 3.10. The lowest BCUT2D eigenvalue weighted by Crippen LogP contribution is -2.01. The Morgan fingerprint density at radius 2 is 1.96 bits per heavy atom. The number of nitrogens with zero attached hydrogens (tertiary/aromatic N) is 2. The summed E-state index contributed by atoms with van der Waals surface area (Å²) in [4.78, 5) is 15.7. The van der Waals surface area contributed by atoms with Crippen LogP contribution < -0.4 is 5.32 Å². The number of aryl methyl sites for hydroxylation is 1. The van der Waals surface area contributed by atoms with Gasteiger partial charge in [0.25, 0.3) is 0 Å². The van der Waals surface area contributed by atoms with Gasteiger partial charge in [-0.05, 0) is 42.3 Å². The quantitative estimate of drug-likeness (QED) is 0.496. The second-order valence-corrected chi connectivity index (χ2v) is 6.41. The zero-order chi connectivity index (χ0) is 18.8. The van der Waals surface area contributed by atoms with Crippen molar-refractivity contribution < 1.29 is 9.90 Å². The molecule has 0 radical (unpaired) electrons. The molecule has 0 bridgehead atoms. The van der Waals surface area contributed by atoms with Crippen LogP contribution in [0.25, 0.3) is 22.0 Å². The van der Waals surface area contributed by atoms with Crippen LogP contribution in [0.15, 0.2) is 60.8 Å². The van der Waals surface area contributed by atoms with Crippen molar-refractivity contribution in [1.82, 2.24) is 15.2 Å². The molecule has 4 rings (SSSR count). The van der Waals surface area contributed by atoms with Crippen LogP contribution >= 0.6 is 0 Å². The normalized spacial score (nSPS) is 10.9. The Kier molecular flexibility index (Phi) is 4.30. The van der Waals surface area contributed by atoms with Gasteiger partial charge < -0.3 is 10.4 Å². The minimum atomic E-state index is -1.05. The van der Waals surface area contributed by atoms with Crippen LogP contribution in [0.5, 0.6) is 0 Å². The first-order valence-corrected chi connectivity index (χ1v) is 8.57. The Bertz CT molecular complexity index is 1120. The van der Waals surface area contributed by atoms with Gasteiger partial charge in [-0.25, -0.2) is 9.78 Å². The van der Waals surface area contributed by atoms with Gasteiger partial charge in [0.1, 0.15) is 5.82 Å². The second kappa shape index (κ2) is 6.92. The largest absolute Gasteiger partial charge is 0.476 e. The minimum absolute atomic E-state index is 0.0243. The molecule has 6 heteroatoms. The van der Waals surface area contributed by atoms with E-state index in [1.807, 2.05) is 36.4 Å². The number of rotatable bonds is 5. The summed E-state index contributed by atoms with van der Waals surface area (Å²) in [6.07, 6.45) is 1.78. The Balaban J connectivity index is 1.54. The fourth-order valence-corrected chi connectivity index (χ4v) is 3.04. The van der Waals surface area contributed by atoms with Gasteiger partial charge in [0.15, 0.2) is 5.69 Å². The molecule has 27 heavy (non-hydrogen) atoms. The van der Waals surface area contributed by atoms with E-state index in [1.54, 1.807) is 6.20 Å². The Morgan fingerprint density at radius 1 is 1.11 bits per heavy atom. The van der Waals surface area contributed by atoms with Gasteiger partial charge in [0.05, 0.1) is 5.52 Å². The van der Waals surface area contributed by atoms with Crippen LogP contribution in [0.3, 0.4) is 0 Å². The summed E-state index contributed by atoms with van der Waals surface area (Å²) < 4.78 is 0. The van der Waals surface area contributed by atoms with Crippen LogP contribution in [0, 0.1) is 6.92 Å². The Morgan fingerprint density at radius 3 is 2.70 bits per heavy atom. The number of anilines is 1. The third-order valence-corrected chi connectivity index (χ3v) is 4.42. The number of aromatic nitrogens is 3. The second-order valence-electron chi connectivity index (χ2n) is 6.41. The van der Waals surface area contributed by atoms with Crippen molar-refractivity contribution in [3.8, 4) is 11.1 Å². The number of pyridine rings is 1. The van der Waals surface area contributed by atoms with Gasteiger partial charge in [-0.3, -0.25) is 5.10 Å². The maximum atomic E-state index is 11.3. The number of aromatic amines is 1. The first-order valence-electron chi connectivity index (χ1n) is 8.57. The Hall–Kier alpha value is -3.67. The molecule has 4 aromatic rings. The smallest absolute Gasteiger partial charge is 0.357 e. The van der Waals surface area contributed by atoms with Crippen LogP contribution in [-0.2, 0) is 6.54 Å². The third kappa shape index (κ3) is 3.50. The molecule has 2 heterocycles. The summed E-state index contributed by atoms with van der Waals surface area (Å²) in [6.45, 7) is 2.78. The molecular formula is C21H18N4O2. The number of benzene rings is 2. The van der Waals surface area contributed by atoms with Crippen LogP contribution in [0.4, 0.5) is 5.82 Å². The molecule has 6 nitrogen and oxygen atoms in total. The van der Waals surface area contributed by atoms with Crippen LogP contribution in [-0.4, -0.2) is 26.3 Å². The summed E-state index contributed by atoms with van der Waals surface area (Å²) in [5.74, 6) is -0.261. The molecule has 0 fully saturated rings. The maximum absolute atomic E-state index is 11.3. The van der Waals surface area contributed by atoms with E-state index in [4.69, 9.17) is 0 Å². The van der Waals surface area contributed by atoms with E-state index in [-0.39, 0.29) is 5.69 Å². The van der Waals surface area contributed by atoms with E-state index in [0.29, 0.717) is 17.4 Å². The summed E-state index contributed by atoms with van der Waals surface area (Å²) in [6, 6.07) is 17.8. The molecule has 0 spiro atoms. The van der Waals surface area contributed by atoms with Crippen LogP contribution in [0.2, 0.25) is 0 Å². The van der Waals surface area contributed by atoms with E-state index in [9.17, 15) is 9.90 Å². The summed E-state index contributed by atoms with van der Waals surface area (Å²) in [5, 5.41) is 19.7. The third-order valence-electron chi connectivity index (χ3n) is 4.42. The molecule has 3 N–H and O–H groups in total. The number of carbonyl (C=O) groups is 1. The van der Waals surface area contributed by atoms with E-state index < -0.39 is 5.97 Å². The zero-order valence-electron chi connectivity index (χ0n) is 14.7. The van der Waals surface area contributed by atoms with E-state index in [1.165, 1.54) is 11.1 Å². The number of H-pyrrole nitrogens is 1. The Labute approximate surface area is 155 Å². The molecule has 2 aromatic carbocycles. The minimum Gasteiger partial charge on any atom is -0.476 e. The molecular weight excluding hydrogens is 340 g/mol. The van der Waals surface area contributed by atoms with E-state index in [2.05, 4.69) is 45.6 Å². The average molecular weight is 358 g/mol.